The standard InChI is InChI=1S/C23H27N3O3/c1-5-6-19(24-17-10-7-15(8-11-17)14-26(2)3)21-18-12-9-16(23(28)29-4)13-20(18)25-22(21)27/h7-13,21H,5-6,14H2,1-4H3,(H,25,27). The van der Waals surface area contributed by atoms with E-state index in [0.29, 0.717) is 11.3 Å². The fourth-order valence-corrected chi connectivity index (χ4v) is 3.57. The number of esters is 1. The molecule has 29 heavy (non-hydrogen) atoms. The number of fused-ring (bicyclic) bond motifs is 1. The highest BCUT2D eigenvalue weighted by Gasteiger charge is 2.34. The van der Waals surface area contributed by atoms with Crippen LogP contribution in [0.15, 0.2) is 47.5 Å². The van der Waals surface area contributed by atoms with Gasteiger partial charge >= 0.3 is 5.97 Å². The van der Waals surface area contributed by atoms with E-state index in [4.69, 9.17) is 9.73 Å². The molecular formula is C23H27N3O3. The van der Waals surface area contributed by atoms with E-state index in [0.717, 1.165) is 36.3 Å². The highest BCUT2D eigenvalue weighted by atomic mass is 16.5. The number of amides is 1. The summed E-state index contributed by atoms with van der Waals surface area (Å²) in [6, 6.07) is 13.3. The second kappa shape index (κ2) is 9.01. The number of hydrogen-bond acceptors (Lipinski definition) is 5. The molecule has 6 heteroatoms. The van der Waals surface area contributed by atoms with Gasteiger partial charge in [-0.25, -0.2) is 4.79 Å². The van der Waals surface area contributed by atoms with E-state index >= 15 is 0 Å². The lowest BCUT2D eigenvalue weighted by molar-refractivity contribution is -0.115. The monoisotopic (exact) mass is 393 g/mol. The summed E-state index contributed by atoms with van der Waals surface area (Å²) in [7, 11) is 5.41. The fourth-order valence-electron chi connectivity index (χ4n) is 3.57. The number of carbonyl (C=O) groups is 2. The van der Waals surface area contributed by atoms with Gasteiger partial charge in [-0.3, -0.25) is 9.79 Å². The van der Waals surface area contributed by atoms with Gasteiger partial charge in [0, 0.05) is 17.9 Å². The molecule has 3 rings (SSSR count). The number of anilines is 1. The third-order valence-corrected chi connectivity index (χ3v) is 4.85. The summed E-state index contributed by atoms with van der Waals surface area (Å²) < 4.78 is 4.77. The normalized spacial score (nSPS) is 16.0. The fraction of sp³-hybridized carbons (Fsp3) is 0.348. The number of nitrogens with zero attached hydrogens (tertiary/aromatic N) is 2. The molecule has 2 aromatic rings. The molecule has 0 aromatic heterocycles. The minimum atomic E-state index is -0.446. The van der Waals surface area contributed by atoms with Crippen molar-refractivity contribution in [2.45, 2.75) is 32.2 Å². The maximum Gasteiger partial charge on any atom is 0.337 e. The van der Waals surface area contributed by atoms with Crippen LogP contribution in [0.1, 0.15) is 47.2 Å². The van der Waals surface area contributed by atoms with Crippen molar-refractivity contribution in [1.82, 2.24) is 4.90 Å². The molecule has 6 nitrogen and oxygen atoms in total. The van der Waals surface area contributed by atoms with Gasteiger partial charge in [-0.1, -0.05) is 31.5 Å². The zero-order valence-corrected chi connectivity index (χ0v) is 17.4. The lowest BCUT2D eigenvalue weighted by Crippen LogP contribution is -2.20. The predicted octanol–water partition coefficient (Wildman–Crippen LogP) is 4.14. The zero-order valence-electron chi connectivity index (χ0n) is 17.4. The molecular weight excluding hydrogens is 366 g/mol. The van der Waals surface area contributed by atoms with Crippen molar-refractivity contribution < 1.29 is 14.3 Å². The molecule has 0 fully saturated rings. The van der Waals surface area contributed by atoms with Crippen molar-refractivity contribution in [3.63, 3.8) is 0 Å². The van der Waals surface area contributed by atoms with Crippen LogP contribution in [0, 0.1) is 0 Å². The number of ether oxygens (including phenoxy) is 1. The van der Waals surface area contributed by atoms with E-state index < -0.39 is 11.9 Å². The van der Waals surface area contributed by atoms with E-state index in [1.165, 1.54) is 12.7 Å². The van der Waals surface area contributed by atoms with Gasteiger partial charge in [0.2, 0.25) is 5.91 Å². The molecule has 1 heterocycles. The molecule has 0 saturated heterocycles. The van der Waals surface area contributed by atoms with E-state index in [1.54, 1.807) is 12.1 Å². The number of nitrogens with one attached hydrogen (secondary N) is 1. The average Bonchev–Trinajstić information content (AvgIpc) is 3.02. The summed E-state index contributed by atoms with van der Waals surface area (Å²) in [6.45, 7) is 2.94. The van der Waals surface area contributed by atoms with Gasteiger partial charge in [0.05, 0.1) is 18.4 Å². The van der Waals surface area contributed by atoms with Crippen LogP contribution in [0.25, 0.3) is 0 Å². The smallest absolute Gasteiger partial charge is 0.337 e. The first-order valence-corrected chi connectivity index (χ1v) is 9.77. The Morgan fingerprint density at radius 1 is 1.17 bits per heavy atom. The summed E-state index contributed by atoms with van der Waals surface area (Å²) >= 11 is 0. The van der Waals surface area contributed by atoms with Crippen molar-refractivity contribution in [1.29, 1.82) is 0 Å². The Hall–Kier alpha value is -2.99. The highest BCUT2D eigenvalue weighted by Crippen LogP contribution is 2.36. The van der Waals surface area contributed by atoms with Crippen molar-refractivity contribution in [3.05, 3.63) is 59.2 Å². The zero-order chi connectivity index (χ0) is 21.0. The Morgan fingerprint density at radius 2 is 1.90 bits per heavy atom. The largest absolute Gasteiger partial charge is 0.465 e. The average molecular weight is 393 g/mol. The van der Waals surface area contributed by atoms with Gasteiger partial charge in [-0.15, -0.1) is 0 Å². The molecule has 1 unspecified atom stereocenters. The molecule has 0 bridgehead atoms. The summed E-state index contributed by atoms with van der Waals surface area (Å²) in [4.78, 5) is 31.5. The van der Waals surface area contributed by atoms with Crippen molar-refractivity contribution in [2.75, 3.05) is 26.5 Å². The van der Waals surface area contributed by atoms with Crippen LogP contribution in [-0.2, 0) is 16.1 Å². The van der Waals surface area contributed by atoms with Crippen LogP contribution >= 0.6 is 0 Å². The van der Waals surface area contributed by atoms with E-state index in [1.807, 2.05) is 32.3 Å². The number of aliphatic imine (C=N–C) groups is 1. The van der Waals surface area contributed by atoms with Crippen LogP contribution in [0.3, 0.4) is 0 Å². The van der Waals surface area contributed by atoms with Gasteiger partial charge in [-0.2, -0.15) is 0 Å². The lowest BCUT2D eigenvalue weighted by Gasteiger charge is -2.13. The van der Waals surface area contributed by atoms with Crippen LogP contribution in [-0.4, -0.2) is 43.7 Å². The molecule has 1 atom stereocenters. The van der Waals surface area contributed by atoms with Crippen molar-refractivity contribution >= 4 is 29.0 Å². The number of rotatable bonds is 7. The molecule has 1 amide bonds. The maximum atomic E-state index is 12.8. The number of hydrogen-bond donors (Lipinski definition) is 1. The molecule has 0 radical (unpaired) electrons. The van der Waals surface area contributed by atoms with Gasteiger partial charge in [0.15, 0.2) is 0 Å². The quantitative estimate of drug-likeness (QED) is 0.567. The van der Waals surface area contributed by atoms with Crippen molar-refractivity contribution in [3.8, 4) is 0 Å². The van der Waals surface area contributed by atoms with E-state index in [-0.39, 0.29) is 5.91 Å². The van der Waals surface area contributed by atoms with Gasteiger partial charge in [-0.05, 0) is 55.9 Å². The Bertz CT molecular complexity index is 933. The van der Waals surface area contributed by atoms with Gasteiger partial charge in [0.25, 0.3) is 0 Å². The molecule has 2 aromatic carbocycles. The number of benzene rings is 2. The highest BCUT2D eigenvalue weighted by molar-refractivity contribution is 6.19. The van der Waals surface area contributed by atoms with Crippen LogP contribution < -0.4 is 5.32 Å². The topological polar surface area (TPSA) is 71.0 Å². The van der Waals surface area contributed by atoms with Crippen LogP contribution in [0.5, 0.6) is 0 Å². The Balaban J connectivity index is 1.92. The van der Waals surface area contributed by atoms with E-state index in [9.17, 15) is 9.59 Å². The minimum Gasteiger partial charge on any atom is -0.465 e. The van der Waals surface area contributed by atoms with Gasteiger partial charge in [0.1, 0.15) is 5.92 Å². The summed E-state index contributed by atoms with van der Waals surface area (Å²) in [5.74, 6) is -0.984. The first-order valence-electron chi connectivity index (χ1n) is 9.77. The third-order valence-electron chi connectivity index (χ3n) is 4.85. The minimum absolute atomic E-state index is 0.113. The second-order valence-corrected chi connectivity index (χ2v) is 7.47. The maximum absolute atomic E-state index is 12.8. The second-order valence-electron chi connectivity index (χ2n) is 7.47. The Morgan fingerprint density at radius 3 is 2.52 bits per heavy atom. The molecule has 0 spiro atoms. The molecule has 1 aliphatic rings. The molecule has 0 saturated carbocycles. The third kappa shape index (κ3) is 4.71. The SMILES string of the molecule is CCCC(=Nc1ccc(CN(C)C)cc1)C1C(=O)Nc2cc(C(=O)OC)ccc21. The summed E-state index contributed by atoms with van der Waals surface area (Å²) in [5.41, 5.74) is 4.79. The van der Waals surface area contributed by atoms with Crippen molar-refractivity contribution in [2.24, 2.45) is 4.99 Å². The number of methoxy groups -OCH3 is 1. The lowest BCUT2D eigenvalue weighted by atomic mass is 9.92. The molecule has 1 N–H and O–H groups in total. The van der Waals surface area contributed by atoms with Gasteiger partial charge < -0.3 is 15.0 Å². The first kappa shape index (κ1) is 20.7. The van der Waals surface area contributed by atoms with Crippen LogP contribution in [0.2, 0.25) is 0 Å². The Labute approximate surface area is 171 Å². The summed E-state index contributed by atoms with van der Waals surface area (Å²) in [6.07, 6.45) is 1.60. The molecule has 0 aliphatic carbocycles. The molecule has 152 valence electrons. The Kier molecular flexibility index (Phi) is 6.44. The number of carbonyl (C=O) groups excluding carboxylic acids is 2. The van der Waals surface area contributed by atoms with E-state index in [2.05, 4.69) is 29.3 Å². The van der Waals surface area contributed by atoms with Crippen LogP contribution in [0.4, 0.5) is 11.4 Å². The first-order chi connectivity index (χ1) is 13.9. The predicted molar refractivity (Wildman–Crippen MR) is 115 cm³/mol. The molecule has 1 aliphatic heterocycles. The summed E-state index contributed by atoms with van der Waals surface area (Å²) in [5, 5.41) is 2.89.